The zero-order valence-electron chi connectivity index (χ0n) is 10.3. The van der Waals surface area contributed by atoms with E-state index in [1.54, 1.807) is 18.0 Å². The molecule has 0 aliphatic rings. The quantitative estimate of drug-likeness (QED) is 0.873. The Morgan fingerprint density at radius 3 is 2.88 bits per heavy atom. The fourth-order valence-electron chi connectivity index (χ4n) is 1.88. The number of nitrogen functional groups attached to an aromatic ring is 1. The van der Waals surface area contributed by atoms with E-state index in [4.69, 9.17) is 10.5 Å². The Kier molecular flexibility index (Phi) is 2.99. The van der Waals surface area contributed by atoms with E-state index in [0.717, 1.165) is 23.2 Å². The second-order valence-electron chi connectivity index (χ2n) is 3.75. The number of hydrogen-bond donors (Lipinski definition) is 1. The van der Waals surface area contributed by atoms with Crippen LogP contribution in [0.5, 0.6) is 5.88 Å². The zero-order chi connectivity index (χ0) is 12.4. The van der Waals surface area contributed by atoms with Gasteiger partial charge in [0, 0.05) is 18.8 Å². The maximum Gasteiger partial charge on any atom is 0.222 e. The number of rotatable bonds is 3. The molecule has 2 rings (SSSR count). The summed E-state index contributed by atoms with van der Waals surface area (Å²) < 4.78 is 6.93. The number of methoxy groups -OCH3 is 1. The highest BCUT2D eigenvalue weighted by molar-refractivity contribution is 5.72. The Morgan fingerprint density at radius 1 is 1.47 bits per heavy atom. The minimum atomic E-state index is 0.570. The molecule has 90 valence electrons. The lowest BCUT2D eigenvalue weighted by Gasteiger charge is -2.05. The van der Waals surface area contributed by atoms with Gasteiger partial charge in [0.1, 0.15) is 11.5 Å². The Balaban J connectivity index is 2.64. The fraction of sp³-hybridized carbons (Fsp3) is 0.333. The van der Waals surface area contributed by atoms with Gasteiger partial charge in [0.15, 0.2) is 0 Å². The predicted molar refractivity (Wildman–Crippen MR) is 66.8 cm³/mol. The molecule has 0 amide bonds. The van der Waals surface area contributed by atoms with Gasteiger partial charge in [0.05, 0.1) is 12.7 Å². The molecule has 2 heterocycles. The molecule has 0 aliphatic carbocycles. The molecule has 5 heteroatoms. The molecule has 0 unspecified atom stereocenters. The first kappa shape index (κ1) is 11.4. The van der Waals surface area contributed by atoms with Crippen LogP contribution in [0.1, 0.15) is 12.5 Å². The number of anilines is 1. The summed E-state index contributed by atoms with van der Waals surface area (Å²) in [6, 6.07) is 3.80. The molecule has 2 aromatic rings. The number of hydrogen-bond acceptors (Lipinski definition) is 4. The third-order valence-corrected chi connectivity index (χ3v) is 2.77. The summed E-state index contributed by atoms with van der Waals surface area (Å²) in [4.78, 5) is 4.18. The monoisotopic (exact) mass is 232 g/mol. The lowest BCUT2D eigenvalue weighted by Crippen LogP contribution is -1.98. The standard InChI is InChI=1S/C12H16N4O/c1-4-8-10(15-16(2)11(8)13)9-6-5-7-14-12(9)17-3/h5-7H,4,13H2,1-3H3. The van der Waals surface area contributed by atoms with Crippen LogP contribution in [0.2, 0.25) is 0 Å². The molecular formula is C12H16N4O. The van der Waals surface area contributed by atoms with Gasteiger partial charge in [-0.1, -0.05) is 6.92 Å². The summed E-state index contributed by atoms with van der Waals surface area (Å²) in [5.41, 5.74) is 8.73. The first-order chi connectivity index (χ1) is 8.19. The van der Waals surface area contributed by atoms with Crippen molar-refractivity contribution in [3.05, 3.63) is 23.9 Å². The van der Waals surface area contributed by atoms with Crippen molar-refractivity contribution in [3.8, 4) is 17.1 Å². The Labute approximate surface area is 100 Å². The summed E-state index contributed by atoms with van der Waals surface area (Å²) >= 11 is 0. The Bertz CT molecular complexity index is 533. The number of nitrogens with zero attached hydrogens (tertiary/aromatic N) is 3. The Morgan fingerprint density at radius 2 is 2.24 bits per heavy atom. The highest BCUT2D eigenvalue weighted by Gasteiger charge is 2.17. The molecule has 2 N–H and O–H groups in total. The van der Waals surface area contributed by atoms with Gasteiger partial charge in [-0.05, 0) is 18.6 Å². The average molecular weight is 232 g/mol. The second kappa shape index (κ2) is 4.45. The van der Waals surface area contributed by atoms with Gasteiger partial charge in [-0.25, -0.2) is 4.98 Å². The van der Waals surface area contributed by atoms with Crippen molar-refractivity contribution >= 4 is 5.82 Å². The molecular weight excluding hydrogens is 216 g/mol. The maximum absolute atomic E-state index is 5.98. The molecule has 0 atom stereocenters. The molecule has 0 radical (unpaired) electrons. The highest BCUT2D eigenvalue weighted by Crippen LogP contribution is 2.32. The van der Waals surface area contributed by atoms with Gasteiger partial charge in [-0.2, -0.15) is 5.10 Å². The number of pyridine rings is 1. The molecule has 0 fully saturated rings. The van der Waals surface area contributed by atoms with E-state index in [0.29, 0.717) is 11.7 Å². The van der Waals surface area contributed by atoms with Gasteiger partial charge < -0.3 is 10.5 Å². The van der Waals surface area contributed by atoms with Gasteiger partial charge in [-0.3, -0.25) is 4.68 Å². The predicted octanol–water partition coefficient (Wildman–Crippen LogP) is 1.64. The van der Waals surface area contributed by atoms with Gasteiger partial charge in [-0.15, -0.1) is 0 Å². The minimum absolute atomic E-state index is 0.570. The number of aromatic nitrogens is 3. The topological polar surface area (TPSA) is 66.0 Å². The van der Waals surface area contributed by atoms with Crippen molar-refractivity contribution in [1.82, 2.24) is 14.8 Å². The molecule has 0 bridgehead atoms. The molecule has 17 heavy (non-hydrogen) atoms. The third-order valence-electron chi connectivity index (χ3n) is 2.77. The maximum atomic E-state index is 5.98. The van der Waals surface area contributed by atoms with Crippen LogP contribution in [0.4, 0.5) is 5.82 Å². The number of ether oxygens (including phenoxy) is 1. The van der Waals surface area contributed by atoms with E-state index < -0.39 is 0 Å². The van der Waals surface area contributed by atoms with E-state index in [1.807, 2.05) is 19.2 Å². The van der Waals surface area contributed by atoms with E-state index in [9.17, 15) is 0 Å². The summed E-state index contributed by atoms with van der Waals surface area (Å²) in [6.45, 7) is 2.06. The fourth-order valence-corrected chi connectivity index (χ4v) is 1.88. The van der Waals surface area contributed by atoms with Crippen molar-refractivity contribution in [1.29, 1.82) is 0 Å². The summed E-state index contributed by atoms with van der Waals surface area (Å²) in [6.07, 6.45) is 2.52. The molecule has 0 saturated carbocycles. The average Bonchev–Trinajstić information content (AvgIpc) is 2.65. The first-order valence-electron chi connectivity index (χ1n) is 5.49. The normalized spacial score (nSPS) is 10.5. The van der Waals surface area contributed by atoms with Crippen LogP contribution >= 0.6 is 0 Å². The summed E-state index contributed by atoms with van der Waals surface area (Å²) in [5.74, 6) is 1.26. The molecule has 0 aromatic carbocycles. The van der Waals surface area contributed by atoms with E-state index in [1.165, 1.54) is 0 Å². The first-order valence-corrected chi connectivity index (χ1v) is 5.49. The SMILES string of the molecule is CCc1c(-c2cccnc2OC)nn(C)c1N. The van der Waals surface area contributed by atoms with E-state index in [2.05, 4.69) is 17.0 Å². The smallest absolute Gasteiger partial charge is 0.222 e. The van der Waals surface area contributed by atoms with Crippen molar-refractivity contribution < 1.29 is 4.74 Å². The lowest BCUT2D eigenvalue weighted by atomic mass is 10.1. The number of nitrogens with two attached hydrogens (primary N) is 1. The van der Waals surface area contributed by atoms with E-state index in [-0.39, 0.29) is 0 Å². The largest absolute Gasteiger partial charge is 0.481 e. The summed E-state index contributed by atoms with van der Waals surface area (Å²) in [5, 5.41) is 4.43. The summed E-state index contributed by atoms with van der Waals surface area (Å²) in [7, 11) is 3.44. The Hall–Kier alpha value is -2.04. The van der Waals surface area contributed by atoms with Gasteiger partial charge >= 0.3 is 0 Å². The van der Waals surface area contributed by atoms with Crippen LogP contribution in [0, 0.1) is 0 Å². The van der Waals surface area contributed by atoms with Gasteiger partial charge in [0.25, 0.3) is 0 Å². The van der Waals surface area contributed by atoms with Crippen molar-refractivity contribution in [2.75, 3.05) is 12.8 Å². The van der Waals surface area contributed by atoms with Crippen molar-refractivity contribution in [2.24, 2.45) is 7.05 Å². The molecule has 0 saturated heterocycles. The van der Waals surface area contributed by atoms with Crippen LogP contribution < -0.4 is 10.5 Å². The van der Waals surface area contributed by atoms with Crippen LogP contribution in [0.25, 0.3) is 11.3 Å². The van der Waals surface area contributed by atoms with Crippen LogP contribution in [0.3, 0.4) is 0 Å². The molecule has 2 aromatic heterocycles. The molecule has 5 nitrogen and oxygen atoms in total. The van der Waals surface area contributed by atoms with Crippen molar-refractivity contribution in [3.63, 3.8) is 0 Å². The van der Waals surface area contributed by atoms with Crippen LogP contribution in [-0.2, 0) is 13.5 Å². The second-order valence-corrected chi connectivity index (χ2v) is 3.75. The van der Waals surface area contributed by atoms with Crippen LogP contribution in [-0.4, -0.2) is 21.9 Å². The highest BCUT2D eigenvalue weighted by atomic mass is 16.5. The molecule has 0 spiro atoms. The zero-order valence-corrected chi connectivity index (χ0v) is 10.3. The van der Waals surface area contributed by atoms with E-state index >= 15 is 0 Å². The lowest BCUT2D eigenvalue weighted by molar-refractivity contribution is 0.399. The number of aryl methyl sites for hydroxylation is 1. The molecule has 0 aliphatic heterocycles. The minimum Gasteiger partial charge on any atom is -0.481 e. The third kappa shape index (κ3) is 1.84. The van der Waals surface area contributed by atoms with Crippen LogP contribution in [0.15, 0.2) is 18.3 Å². The van der Waals surface area contributed by atoms with Gasteiger partial charge in [0.2, 0.25) is 5.88 Å². The van der Waals surface area contributed by atoms with Crippen molar-refractivity contribution in [2.45, 2.75) is 13.3 Å².